The van der Waals surface area contributed by atoms with Gasteiger partial charge < -0.3 is 15.7 Å². The first-order valence-electron chi connectivity index (χ1n) is 5.45. The summed E-state index contributed by atoms with van der Waals surface area (Å²) in [5.41, 5.74) is 1.95. The van der Waals surface area contributed by atoms with Gasteiger partial charge in [0, 0.05) is 11.7 Å². The Bertz CT molecular complexity index is 459. The topological polar surface area (TPSA) is 78.4 Å². The number of carboxylic acid groups (broad SMARTS) is 1. The molecule has 0 spiro atoms. The predicted molar refractivity (Wildman–Crippen MR) is 63.0 cm³/mol. The third kappa shape index (κ3) is 2.22. The maximum atomic E-state index is 10.9. The van der Waals surface area contributed by atoms with E-state index in [1.807, 2.05) is 6.92 Å². The van der Waals surface area contributed by atoms with Crippen LogP contribution in [0.2, 0.25) is 0 Å². The fourth-order valence-corrected chi connectivity index (χ4v) is 2.16. The molecule has 1 aliphatic heterocycles. The Kier molecular flexibility index (Phi) is 2.99. The van der Waals surface area contributed by atoms with Gasteiger partial charge in [0.25, 0.3) is 0 Å². The quantitative estimate of drug-likeness (QED) is 0.690. The molecule has 0 aliphatic carbocycles. The number of carbonyl (C=O) groups excluding carboxylic acids is 1. The highest BCUT2D eigenvalue weighted by molar-refractivity contribution is 5.88. The normalized spacial score (nSPS) is 22.2. The van der Waals surface area contributed by atoms with Gasteiger partial charge in [0.1, 0.15) is 0 Å². The Balaban J connectivity index is 2.41. The molecular formula is C12H14N2O3. The number of amides is 1. The van der Waals surface area contributed by atoms with Gasteiger partial charge in [-0.1, -0.05) is 0 Å². The predicted octanol–water partition coefficient (Wildman–Crippen LogP) is 1.38. The maximum Gasteiger partial charge on any atom is 0.335 e. The van der Waals surface area contributed by atoms with Crippen LogP contribution in [0.3, 0.4) is 0 Å². The van der Waals surface area contributed by atoms with Crippen molar-refractivity contribution in [1.29, 1.82) is 0 Å². The van der Waals surface area contributed by atoms with Gasteiger partial charge in [-0.15, -0.1) is 0 Å². The summed E-state index contributed by atoms with van der Waals surface area (Å²) in [5.74, 6) is -0.962. The first-order chi connectivity index (χ1) is 8.11. The van der Waals surface area contributed by atoms with Gasteiger partial charge in [0.2, 0.25) is 6.41 Å². The summed E-state index contributed by atoms with van der Waals surface area (Å²) in [4.78, 5) is 21.5. The molecule has 1 heterocycles. The standard InChI is InChI=1S/C12H14N2O3/c1-7-4-11(13-6-15)9-5-8(12(16)17)2-3-10(9)14-7/h2-3,5-7,11,14H,4H2,1H3,(H,13,15)(H,16,17)/t7-,11+/m1/s1. The molecule has 5 heteroatoms. The minimum atomic E-state index is -0.962. The number of aromatic carboxylic acids is 1. The molecule has 1 amide bonds. The van der Waals surface area contributed by atoms with Gasteiger partial charge in [-0.3, -0.25) is 4.79 Å². The number of hydrogen-bond acceptors (Lipinski definition) is 3. The van der Waals surface area contributed by atoms with Crippen LogP contribution in [-0.4, -0.2) is 23.5 Å². The molecule has 0 bridgehead atoms. The molecule has 0 radical (unpaired) electrons. The van der Waals surface area contributed by atoms with Crippen molar-refractivity contribution in [2.75, 3.05) is 5.32 Å². The maximum absolute atomic E-state index is 10.9. The Morgan fingerprint density at radius 3 is 3.00 bits per heavy atom. The first kappa shape index (κ1) is 11.4. The second-order valence-electron chi connectivity index (χ2n) is 4.23. The van der Waals surface area contributed by atoms with E-state index in [0.717, 1.165) is 17.7 Å². The van der Waals surface area contributed by atoms with E-state index < -0.39 is 5.97 Å². The van der Waals surface area contributed by atoms with E-state index >= 15 is 0 Å². The van der Waals surface area contributed by atoms with E-state index in [1.165, 1.54) is 0 Å². The number of nitrogens with one attached hydrogen (secondary N) is 2. The molecule has 0 saturated carbocycles. The molecular weight excluding hydrogens is 220 g/mol. The smallest absolute Gasteiger partial charge is 0.335 e. The average Bonchev–Trinajstić information content (AvgIpc) is 2.28. The van der Waals surface area contributed by atoms with E-state index in [2.05, 4.69) is 10.6 Å². The van der Waals surface area contributed by atoms with Crippen LogP contribution in [0, 0.1) is 0 Å². The summed E-state index contributed by atoms with van der Waals surface area (Å²) in [6.07, 6.45) is 1.40. The van der Waals surface area contributed by atoms with Crippen LogP contribution in [0.15, 0.2) is 18.2 Å². The van der Waals surface area contributed by atoms with E-state index in [-0.39, 0.29) is 17.6 Å². The Hall–Kier alpha value is -2.04. The number of anilines is 1. The van der Waals surface area contributed by atoms with Crippen LogP contribution in [0.4, 0.5) is 5.69 Å². The molecule has 0 saturated heterocycles. The zero-order valence-corrected chi connectivity index (χ0v) is 9.43. The van der Waals surface area contributed by atoms with Crippen LogP contribution in [-0.2, 0) is 4.79 Å². The molecule has 3 N–H and O–H groups in total. The lowest BCUT2D eigenvalue weighted by molar-refractivity contribution is -0.110. The number of benzene rings is 1. The zero-order valence-electron chi connectivity index (χ0n) is 9.43. The van der Waals surface area contributed by atoms with Gasteiger partial charge in [0.05, 0.1) is 11.6 Å². The second-order valence-corrected chi connectivity index (χ2v) is 4.23. The highest BCUT2D eigenvalue weighted by Gasteiger charge is 2.24. The van der Waals surface area contributed by atoms with Crippen LogP contribution in [0.1, 0.15) is 35.3 Å². The molecule has 0 unspecified atom stereocenters. The largest absolute Gasteiger partial charge is 0.478 e. The van der Waals surface area contributed by atoms with Crippen LogP contribution in [0.25, 0.3) is 0 Å². The van der Waals surface area contributed by atoms with E-state index in [1.54, 1.807) is 18.2 Å². The SMILES string of the molecule is C[C@@H]1C[C@H](NC=O)c2cc(C(=O)O)ccc2N1. The van der Waals surface area contributed by atoms with Crippen LogP contribution < -0.4 is 10.6 Å². The second kappa shape index (κ2) is 4.45. The molecule has 5 nitrogen and oxygen atoms in total. The molecule has 0 aromatic heterocycles. The summed E-state index contributed by atoms with van der Waals surface area (Å²) < 4.78 is 0. The third-order valence-corrected chi connectivity index (χ3v) is 2.93. The first-order valence-corrected chi connectivity index (χ1v) is 5.45. The highest BCUT2D eigenvalue weighted by atomic mass is 16.4. The Morgan fingerprint density at radius 1 is 1.59 bits per heavy atom. The number of hydrogen-bond donors (Lipinski definition) is 3. The van der Waals surface area contributed by atoms with Gasteiger partial charge in [-0.25, -0.2) is 4.79 Å². The average molecular weight is 234 g/mol. The van der Waals surface area contributed by atoms with Crippen molar-refractivity contribution in [2.45, 2.75) is 25.4 Å². The Morgan fingerprint density at radius 2 is 2.35 bits per heavy atom. The van der Waals surface area contributed by atoms with E-state index in [9.17, 15) is 9.59 Å². The van der Waals surface area contributed by atoms with E-state index in [0.29, 0.717) is 6.41 Å². The van der Waals surface area contributed by atoms with Crippen molar-refractivity contribution < 1.29 is 14.7 Å². The van der Waals surface area contributed by atoms with Crippen molar-refractivity contribution in [2.24, 2.45) is 0 Å². The molecule has 2 rings (SSSR count). The monoisotopic (exact) mass is 234 g/mol. The van der Waals surface area contributed by atoms with Gasteiger partial charge in [-0.05, 0) is 37.1 Å². The molecule has 1 aliphatic rings. The summed E-state index contributed by atoms with van der Waals surface area (Å²) in [5, 5.41) is 14.9. The fourth-order valence-electron chi connectivity index (χ4n) is 2.16. The van der Waals surface area contributed by atoms with E-state index in [4.69, 9.17) is 5.11 Å². The van der Waals surface area contributed by atoms with Crippen molar-refractivity contribution in [1.82, 2.24) is 5.32 Å². The highest BCUT2D eigenvalue weighted by Crippen LogP contribution is 2.32. The van der Waals surface area contributed by atoms with Crippen molar-refractivity contribution in [3.05, 3.63) is 29.3 Å². The lowest BCUT2D eigenvalue weighted by Gasteiger charge is -2.31. The molecule has 1 aromatic rings. The van der Waals surface area contributed by atoms with Crippen molar-refractivity contribution in [3.8, 4) is 0 Å². The van der Waals surface area contributed by atoms with Crippen molar-refractivity contribution >= 4 is 18.1 Å². The number of rotatable bonds is 3. The lowest BCUT2D eigenvalue weighted by atomic mass is 9.92. The summed E-state index contributed by atoms with van der Waals surface area (Å²) in [6, 6.07) is 5.03. The zero-order chi connectivity index (χ0) is 12.4. The number of carboxylic acids is 1. The van der Waals surface area contributed by atoms with Gasteiger partial charge in [-0.2, -0.15) is 0 Å². The van der Waals surface area contributed by atoms with Crippen molar-refractivity contribution in [3.63, 3.8) is 0 Å². The molecule has 17 heavy (non-hydrogen) atoms. The molecule has 1 aromatic carbocycles. The Labute approximate surface area is 98.8 Å². The lowest BCUT2D eigenvalue weighted by Crippen LogP contribution is -2.32. The van der Waals surface area contributed by atoms with Crippen LogP contribution >= 0.6 is 0 Å². The fraction of sp³-hybridized carbons (Fsp3) is 0.333. The summed E-state index contributed by atoms with van der Waals surface area (Å²) >= 11 is 0. The molecule has 2 atom stereocenters. The number of carbonyl (C=O) groups is 2. The van der Waals surface area contributed by atoms with Crippen LogP contribution in [0.5, 0.6) is 0 Å². The summed E-state index contributed by atoms with van der Waals surface area (Å²) in [6.45, 7) is 2.02. The van der Waals surface area contributed by atoms with Gasteiger partial charge >= 0.3 is 5.97 Å². The molecule has 0 fully saturated rings. The minimum absolute atomic E-state index is 0.127. The third-order valence-electron chi connectivity index (χ3n) is 2.93. The molecule has 90 valence electrons. The summed E-state index contributed by atoms with van der Waals surface area (Å²) in [7, 11) is 0. The minimum Gasteiger partial charge on any atom is -0.478 e. The van der Waals surface area contributed by atoms with Gasteiger partial charge in [0.15, 0.2) is 0 Å². The number of fused-ring (bicyclic) bond motifs is 1.